The van der Waals surface area contributed by atoms with Crippen molar-refractivity contribution in [3.63, 3.8) is 0 Å². The number of pyridine rings is 1. The molecule has 4 saturated heterocycles. The summed E-state index contributed by atoms with van der Waals surface area (Å²) in [6.45, 7) is 2.73. The lowest BCUT2D eigenvalue weighted by Crippen LogP contribution is -2.51. The second-order valence-corrected chi connectivity index (χ2v) is 14.4. The van der Waals surface area contributed by atoms with E-state index in [1.165, 1.54) is 0 Å². The summed E-state index contributed by atoms with van der Waals surface area (Å²) >= 11 is 0.918. The molecule has 15 heteroatoms. The minimum atomic E-state index is -0.924. The van der Waals surface area contributed by atoms with Crippen molar-refractivity contribution in [1.82, 2.24) is 34.9 Å². The number of fused-ring (bicyclic) bond motifs is 7. The smallest absolute Gasteiger partial charge is 0.319 e. The first-order chi connectivity index (χ1) is 22.7. The van der Waals surface area contributed by atoms with Crippen molar-refractivity contribution in [3.05, 3.63) is 29.6 Å². The number of nitrogens with two attached hydrogens (primary N) is 1. The fraction of sp³-hybridized carbons (Fsp3) is 0.469. The third-order valence-electron chi connectivity index (χ3n) is 10.4. The van der Waals surface area contributed by atoms with Crippen LogP contribution < -0.4 is 20.7 Å². The molecule has 47 heavy (non-hydrogen) atoms. The van der Waals surface area contributed by atoms with E-state index in [1.807, 2.05) is 6.07 Å². The topological polar surface area (TPSA) is 134 Å². The maximum atomic E-state index is 17.3. The van der Waals surface area contributed by atoms with Gasteiger partial charge in [0.25, 0.3) is 0 Å². The van der Waals surface area contributed by atoms with E-state index in [-0.39, 0.29) is 67.6 Å². The molecule has 4 fully saturated rings. The predicted octanol–water partition coefficient (Wildman–Crippen LogP) is 4.42. The van der Waals surface area contributed by atoms with Gasteiger partial charge in [-0.3, -0.25) is 14.6 Å². The highest BCUT2D eigenvalue weighted by molar-refractivity contribution is 7.23. The molecule has 4 aromatic heterocycles. The Balaban J connectivity index is 1.28. The largest absolute Gasteiger partial charge is 0.461 e. The van der Waals surface area contributed by atoms with E-state index in [0.717, 1.165) is 49.8 Å². The number of nitriles is 1. The summed E-state index contributed by atoms with van der Waals surface area (Å²) in [6, 6.07) is 2.59. The highest BCUT2D eigenvalue weighted by Crippen LogP contribution is 2.46. The molecule has 4 aliphatic heterocycles. The fourth-order valence-electron chi connectivity index (χ4n) is 8.43. The molecule has 1 aromatic carbocycles. The summed E-state index contributed by atoms with van der Waals surface area (Å²) in [5.41, 5.74) is 6.03. The minimum Gasteiger partial charge on any atom is -0.461 e. The number of alkyl halides is 1. The van der Waals surface area contributed by atoms with Crippen molar-refractivity contribution in [2.24, 2.45) is 7.05 Å². The van der Waals surface area contributed by atoms with Crippen molar-refractivity contribution < 1.29 is 17.9 Å². The molecular weight excluding hydrogens is 629 g/mol. The summed E-state index contributed by atoms with van der Waals surface area (Å²) in [5, 5.41) is 19.6. The molecule has 11 nitrogen and oxygen atoms in total. The van der Waals surface area contributed by atoms with Gasteiger partial charge >= 0.3 is 6.01 Å². The predicted molar refractivity (Wildman–Crippen MR) is 172 cm³/mol. The number of anilines is 2. The van der Waals surface area contributed by atoms with E-state index in [1.54, 1.807) is 17.9 Å². The number of halogens is 3. The van der Waals surface area contributed by atoms with Gasteiger partial charge in [-0.1, -0.05) is 0 Å². The molecule has 9 rings (SSSR count). The van der Waals surface area contributed by atoms with Crippen LogP contribution in [0, 0.1) is 23.0 Å². The number of hydrogen-bond donors (Lipinski definition) is 2. The standard InChI is InChI=1S/C32H31F3N10OS/c1-43-13-19-22-27(24(35)23(25(19)42-43)26-21-18(8-36)29(37)47-28(21)20(34)9-38-26)40-31(41-30(22)44-11-16-3-4-17(12-44)39-16)46-14-32-5-2-6-45(32)10-15(33)7-32/h9,13,15-17,39H,2-7,10-12,14,37H2,1H3/t15-,16-,17+,32+/m1/s1. The highest BCUT2D eigenvalue weighted by Gasteiger charge is 2.49. The first kappa shape index (κ1) is 28.9. The van der Waals surface area contributed by atoms with Gasteiger partial charge in [-0.15, -0.1) is 11.3 Å². The molecule has 0 amide bonds. The maximum Gasteiger partial charge on any atom is 0.319 e. The highest BCUT2D eigenvalue weighted by atomic mass is 32.1. The van der Waals surface area contributed by atoms with Crippen LogP contribution in [0.4, 0.5) is 24.0 Å². The van der Waals surface area contributed by atoms with Crippen LogP contribution in [-0.4, -0.2) is 86.2 Å². The molecular formula is C32H31F3N10OS. The number of hydrogen-bond acceptors (Lipinski definition) is 11. The van der Waals surface area contributed by atoms with Gasteiger partial charge in [0.15, 0.2) is 11.6 Å². The first-order valence-electron chi connectivity index (χ1n) is 15.9. The van der Waals surface area contributed by atoms with Crippen LogP contribution in [0.15, 0.2) is 12.4 Å². The zero-order valence-corrected chi connectivity index (χ0v) is 26.4. The number of rotatable bonds is 5. The van der Waals surface area contributed by atoms with Crippen LogP contribution in [0.5, 0.6) is 6.01 Å². The molecule has 4 aliphatic rings. The van der Waals surface area contributed by atoms with Crippen LogP contribution in [0.25, 0.3) is 43.1 Å². The quantitative estimate of drug-likeness (QED) is 0.279. The average molecular weight is 661 g/mol. The molecule has 3 N–H and O–H groups in total. The Kier molecular flexibility index (Phi) is 6.38. The Labute approximate surface area is 271 Å². The number of aryl methyl sites for hydroxylation is 1. The van der Waals surface area contributed by atoms with E-state index in [2.05, 4.69) is 30.2 Å². The molecule has 0 radical (unpaired) electrons. The summed E-state index contributed by atoms with van der Waals surface area (Å²) in [7, 11) is 1.74. The lowest BCUT2D eigenvalue weighted by Gasteiger charge is -2.35. The third-order valence-corrected chi connectivity index (χ3v) is 11.5. The lowest BCUT2D eigenvalue weighted by atomic mass is 9.95. The Morgan fingerprint density at radius 3 is 2.77 bits per heavy atom. The molecule has 4 atom stereocenters. The van der Waals surface area contributed by atoms with Crippen LogP contribution in [-0.2, 0) is 7.05 Å². The number of thiophene rings is 1. The van der Waals surface area contributed by atoms with Crippen LogP contribution in [0.1, 0.15) is 37.7 Å². The summed E-state index contributed by atoms with van der Waals surface area (Å²) in [5.74, 6) is -0.855. The maximum absolute atomic E-state index is 17.3. The Hall–Kier alpha value is -4.26. The second-order valence-electron chi connectivity index (χ2n) is 13.3. The Bertz CT molecular complexity index is 2150. The van der Waals surface area contributed by atoms with E-state index in [9.17, 15) is 14.0 Å². The molecule has 0 aliphatic carbocycles. The van der Waals surface area contributed by atoms with Gasteiger partial charge in [0.2, 0.25) is 0 Å². The van der Waals surface area contributed by atoms with Gasteiger partial charge in [-0.05, 0) is 32.2 Å². The summed E-state index contributed by atoms with van der Waals surface area (Å²) < 4.78 is 54.9. The summed E-state index contributed by atoms with van der Waals surface area (Å²) in [6.07, 6.45) is 6.08. The van der Waals surface area contributed by atoms with Gasteiger partial charge in [0.05, 0.1) is 38.6 Å². The number of nitrogens with one attached hydrogen (secondary N) is 1. The Morgan fingerprint density at radius 2 is 1.98 bits per heavy atom. The van der Waals surface area contributed by atoms with E-state index < -0.39 is 23.3 Å². The van der Waals surface area contributed by atoms with Gasteiger partial charge in [0.1, 0.15) is 40.7 Å². The van der Waals surface area contributed by atoms with E-state index in [0.29, 0.717) is 42.6 Å². The molecule has 242 valence electrons. The average Bonchev–Trinajstić information content (AvgIpc) is 3.85. The number of nitrogen functional groups attached to an aromatic ring is 1. The SMILES string of the molecule is Cn1cc2c(n1)c(-c1ncc(F)c3sc(N)c(C#N)c13)c(F)c1nc(OC[C@@]34CCCN3C[C@H](F)C4)nc(N3C[C@H]4CC[C@@H](C3)N4)c12. The van der Waals surface area contributed by atoms with Gasteiger partial charge in [-0.2, -0.15) is 20.3 Å². The van der Waals surface area contributed by atoms with Crippen LogP contribution in [0.2, 0.25) is 0 Å². The lowest BCUT2D eigenvalue weighted by molar-refractivity contribution is 0.107. The van der Waals surface area contributed by atoms with Crippen molar-refractivity contribution in [2.75, 3.05) is 43.4 Å². The van der Waals surface area contributed by atoms with Crippen molar-refractivity contribution >= 4 is 54.0 Å². The number of nitrogens with zero attached hydrogens (tertiary/aromatic N) is 8. The van der Waals surface area contributed by atoms with Crippen molar-refractivity contribution in [1.29, 1.82) is 5.26 Å². The second kappa shape index (κ2) is 10.4. The third kappa shape index (κ3) is 4.31. The van der Waals surface area contributed by atoms with Gasteiger partial charge < -0.3 is 20.7 Å². The molecule has 5 aromatic rings. The van der Waals surface area contributed by atoms with Crippen molar-refractivity contribution in [3.8, 4) is 23.3 Å². The first-order valence-corrected chi connectivity index (χ1v) is 16.7. The van der Waals surface area contributed by atoms with Crippen LogP contribution in [0.3, 0.4) is 0 Å². The summed E-state index contributed by atoms with van der Waals surface area (Å²) in [4.78, 5) is 18.2. The number of ether oxygens (including phenoxy) is 1. The fourth-order valence-corrected chi connectivity index (χ4v) is 9.35. The van der Waals surface area contributed by atoms with Gasteiger partial charge in [-0.25, -0.2) is 13.2 Å². The molecule has 0 saturated carbocycles. The van der Waals surface area contributed by atoms with E-state index in [4.69, 9.17) is 15.5 Å². The zero-order chi connectivity index (χ0) is 32.2. The van der Waals surface area contributed by atoms with Gasteiger partial charge in [0, 0.05) is 62.2 Å². The van der Waals surface area contributed by atoms with Crippen LogP contribution >= 0.6 is 11.3 Å². The molecule has 8 heterocycles. The number of piperazine rings is 1. The molecule has 0 unspecified atom stereocenters. The zero-order valence-electron chi connectivity index (χ0n) is 25.6. The monoisotopic (exact) mass is 660 g/mol. The van der Waals surface area contributed by atoms with Crippen molar-refractivity contribution in [2.45, 2.75) is 55.9 Å². The number of aromatic nitrogens is 5. The number of benzene rings is 1. The normalized spacial score (nSPS) is 25.8. The molecule has 2 bridgehead atoms. The molecule has 0 spiro atoms. The Morgan fingerprint density at radius 1 is 1.17 bits per heavy atom. The minimum absolute atomic E-state index is 0.00271. The van der Waals surface area contributed by atoms with E-state index >= 15 is 4.39 Å².